The van der Waals surface area contributed by atoms with Gasteiger partial charge >= 0.3 is 0 Å². The average molecular weight is 327 g/mol. The van der Waals surface area contributed by atoms with Crippen LogP contribution in [0.1, 0.15) is 47.4 Å². The van der Waals surface area contributed by atoms with E-state index >= 15 is 0 Å². The quantitative estimate of drug-likeness (QED) is 0.936. The number of hydrogen-bond acceptors (Lipinski definition) is 4. The highest BCUT2D eigenvalue weighted by atomic mass is 16.4. The third-order valence-electron chi connectivity index (χ3n) is 4.64. The molecule has 0 radical (unpaired) electrons. The van der Waals surface area contributed by atoms with E-state index in [0.29, 0.717) is 24.5 Å². The van der Waals surface area contributed by atoms with Crippen LogP contribution in [-0.2, 0) is 0 Å². The Hall–Kier alpha value is -2.52. The molecule has 2 aromatic heterocycles. The maximum Gasteiger partial charge on any atom is 0.258 e. The molecule has 2 heterocycles. The number of furan rings is 1. The van der Waals surface area contributed by atoms with Crippen molar-refractivity contribution < 1.29 is 14.3 Å². The predicted octanol–water partition coefficient (Wildman–Crippen LogP) is 2.63. The molecule has 1 aliphatic carbocycles. The third kappa shape index (κ3) is 2.83. The zero-order valence-electron chi connectivity index (χ0n) is 14.0. The zero-order valence-corrected chi connectivity index (χ0v) is 14.0. The largest absolute Gasteiger partial charge is 0.443 e. The van der Waals surface area contributed by atoms with Crippen LogP contribution in [-0.4, -0.2) is 39.7 Å². The molecule has 6 heteroatoms. The molecule has 24 heavy (non-hydrogen) atoms. The lowest BCUT2D eigenvalue weighted by Crippen LogP contribution is -2.42. The van der Waals surface area contributed by atoms with Crippen molar-refractivity contribution in [2.45, 2.75) is 38.2 Å². The Morgan fingerprint density at radius 3 is 2.62 bits per heavy atom. The monoisotopic (exact) mass is 327 g/mol. The van der Waals surface area contributed by atoms with E-state index in [1.165, 1.54) is 4.90 Å². The van der Waals surface area contributed by atoms with E-state index in [4.69, 9.17) is 4.42 Å². The Bertz CT molecular complexity index is 777. The fraction of sp³-hybridized carbons (Fsp3) is 0.444. The molecule has 1 saturated carbocycles. The number of hydrogen-bond donors (Lipinski definition) is 1. The molecule has 1 amide bonds. The van der Waals surface area contributed by atoms with Gasteiger partial charge in [-0.05, 0) is 31.9 Å². The van der Waals surface area contributed by atoms with Gasteiger partial charge in [0.25, 0.3) is 5.91 Å². The van der Waals surface area contributed by atoms with E-state index in [0.717, 1.165) is 12.8 Å². The minimum atomic E-state index is -0.821. The highest BCUT2D eigenvalue weighted by molar-refractivity contribution is 5.98. The van der Waals surface area contributed by atoms with E-state index in [2.05, 4.69) is 6.07 Å². The fourth-order valence-electron chi connectivity index (χ4n) is 3.44. The van der Waals surface area contributed by atoms with Crippen LogP contribution < -0.4 is 0 Å². The van der Waals surface area contributed by atoms with Gasteiger partial charge in [0.1, 0.15) is 23.0 Å². The van der Waals surface area contributed by atoms with Gasteiger partial charge in [0, 0.05) is 26.0 Å². The molecule has 0 unspecified atom stereocenters. The Morgan fingerprint density at radius 1 is 1.42 bits per heavy atom. The third-order valence-corrected chi connectivity index (χ3v) is 4.64. The molecule has 6 nitrogen and oxygen atoms in total. The van der Waals surface area contributed by atoms with Crippen LogP contribution in [0.5, 0.6) is 0 Å². The van der Waals surface area contributed by atoms with Crippen LogP contribution in [0, 0.1) is 18.3 Å². The van der Waals surface area contributed by atoms with Crippen LogP contribution in [0.15, 0.2) is 28.9 Å². The number of likely N-dealkylation sites (N-methyl/N-ethyl adjacent to an activating group) is 1. The predicted molar refractivity (Wildman–Crippen MR) is 87.9 cm³/mol. The number of aromatic nitrogens is 1. The van der Waals surface area contributed by atoms with Gasteiger partial charge < -0.3 is 14.4 Å². The van der Waals surface area contributed by atoms with E-state index in [1.54, 1.807) is 30.9 Å². The van der Waals surface area contributed by atoms with Crippen molar-refractivity contribution in [3.63, 3.8) is 0 Å². The highest BCUT2D eigenvalue weighted by Crippen LogP contribution is 2.31. The van der Waals surface area contributed by atoms with Gasteiger partial charge in [-0.15, -0.1) is 0 Å². The van der Waals surface area contributed by atoms with Gasteiger partial charge in [-0.3, -0.25) is 9.36 Å². The second-order valence-corrected chi connectivity index (χ2v) is 6.51. The van der Waals surface area contributed by atoms with Gasteiger partial charge in [0.2, 0.25) is 5.88 Å². The number of nitriles is 1. The average Bonchev–Trinajstić information content (AvgIpc) is 3.26. The maximum absolute atomic E-state index is 12.9. The van der Waals surface area contributed by atoms with Crippen LogP contribution in [0.25, 0.3) is 5.88 Å². The smallest absolute Gasteiger partial charge is 0.258 e. The van der Waals surface area contributed by atoms with Gasteiger partial charge in [-0.25, -0.2) is 0 Å². The zero-order chi connectivity index (χ0) is 17.3. The van der Waals surface area contributed by atoms with Crippen molar-refractivity contribution in [1.82, 2.24) is 9.47 Å². The minimum absolute atomic E-state index is 0.221. The van der Waals surface area contributed by atoms with E-state index in [9.17, 15) is 15.2 Å². The molecule has 0 aromatic carbocycles. The summed E-state index contributed by atoms with van der Waals surface area (Å²) in [6, 6.07) is 5.73. The van der Waals surface area contributed by atoms with Gasteiger partial charge in [0.15, 0.2) is 0 Å². The number of aliphatic hydroxyl groups is 1. The Labute approximate surface area is 140 Å². The molecule has 0 spiro atoms. The first-order valence-electron chi connectivity index (χ1n) is 8.10. The Kier molecular flexibility index (Phi) is 4.20. The van der Waals surface area contributed by atoms with Gasteiger partial charge in [-0.2, -0.15) is 5.26 Å². The van der Waals surface area contributed by atoms with Gasteiger partial charge in [-0.1, -0.05) is 12.8 Å². The summed E-state index contributed by atoms with van der Waals surface area (Å²) in [7, 11) is 1.65. The second-order valence-electron chi connectivity index (χ2n) is 6.51. The molecule has 1 N–H and O–H groups in total. The second kappa shape index (κ2) is 6.17. The Balaban J connectivity index is 1.91. The van der Waals surface area contributed by atoms with E-state index in [1.807, 2.05) is 12.1 Å². The van der Waals surface area contributed by atoms with Gasteiger partial charge in [0.05, 0.1) is 5.60 Å². The maximum atomic E-state index is 12.9. The number of rotatable bonds is 4. The van der Waals surface area contributed by atoms with Crippen LogP contribution in [0.3, 0.4) is 0 Å². The van der Waals surface area contributed by atoms with E-state index < -0.39 is 5.60 Å². The molecular formula is C18H21N3O3. The molecule has 3 rings (SSSR count). The number of carbonyl (C=O) groups excluding carboxylic acids is 1. The summed E-state index contributed by atoms with van der Waals surface area (Å²) in [6.45, 7) is 1.94. The minimum Gasteiger partial charge on any atom is -0.443 e. The number of carbonyl (C=O) groups is 1. The molecule has 0 aliphatic heterocycles. The van der Waals surface area contributed by atoms with Crippen molar-refractivity contribution in [3.8, 4) is 12.0 Å². The lowest BCUT2D eigenvalue weighted by molar-refractivity contribution is 0.0156. The molecule has 2 aromatic rings. The highest BCUT2D eigenvalue weighted by Gasteiger charge is 2.35. The van der Waals surface area contributed by atoms with Crippen molar-refractivity contribution >= 4 is 5.91 Å². The lowest BCUT2D eigenvalue weighted by Gasteiger charge is -2.28. The normalized spacial score (nSPS) is 16.1. The summed E-state index contributed by atoms with van der Waals surface area (Å²) in [6.07, 6.45) is 6.88. The fourth-order valence-corrected chi connectivity index (χ4v) is 3.44. The number of nitrogens with zero attached hydrogens (tertiary/aromatic N) is 3. The van der Waals surface area contributed by atoms with Crippen molar-refractivity contribution in [3.05, 3.63) is 41.4 Å². The summed E-state index contributed by atoms with van der Waals surface area (Å²) < 4.78 is 7.35. The first kappa shape index (κ1) is 16.3. The van der Waals surface area contributed by atoms with Crippen LogP contribution in [0.2, 0.25) is 0 Å². The molecule has 1 fully saturated rings. The molecule has 0 atom stereocenters. The summed E-state index contributed by atoms with van der Waals surface area (Å²) in [5, 5.41) is 20.1. The SMILES string of the molecule is Cc1oc(-n2cccc2)c(C#N)c1C(=O)N(C)CC1(O)CCCC1. The molecular weight excluding hydrogens is 306 g/mol. The summed E-state index contributed by atoms with van der Waals surface area (Å²) >= 11 is 0. The molecule has 126 valence electrons. The number of amides is 1. The first-order chi connectivity index (χ1) is 11.4. The van der Waals surface area contributed by atoms with E-state index in [-0.39, 0.29) is 23.6 Å². The standard InChI is InChI=1S/C18H21N3O3/c1-13-15(14(11-19)17(24-13)21-9-5-6-10-21)16(22)20(2)12-18(23)7-3-4-8-18/h5-6,9-10,23H,3-4,7-8,12H2,1-2H3. The Morgan fingerprint density at radius 2 is 2.04 bits per heavy atom. The summed E-state index contributed by atoms with van der Waals surface area (Å²) in [4.78, 5) is 14.3. The summed E-state index contributed by atoms with van der Waals surface area (Å²) in [5.74, 6) is 0.452. The van der Waals surface area contributed by atoms with Crippen molar-refractivity contribution in [2.24, 2.45) is 0 Å². The van der Waals surface area contributed by atoms with Crippen LogP contribution >= 0.6 is 0 Å². The molecule has 0 saturated heterocycles. The first-order valence-corrected chi connectivity index (χ1v) is 8.10. The number of aryl methyl sites for hydroxylation is 1. The molecule has 1 aliphatic rings. The molecule has 0 bridgehead atoms. The van der Waals surface area contributed by atoms with Crippen molar-refractivity contribution in [2.75, 3.05) is 13.6 Å². The summed E-state index contributed by atoms with van der Waals surface area (Å²) in [5.41, 5.74) is -0.331. The van der Waals surface area contributed by atoms with Crippen molar-refractivity contribution in [1.29, 1.82) is 5.26 Å². The van der Waals surface area contributed by atoms with Crippen LogP contribution in [0.4, 0.5) is 0 Å². The lowest BCUT2D eigenvalue weighted by atomic mass is 10.0. The topological polar surface area (TPSA) is 82.4 Å².